The van der Waals surface area contributed by atoms with E-state index in [9.17, 15) is 9.90 Å². The fourth-order valence-corrected chi connectivity index (χ4v) is 8.09. The van der Waals surface area contributed by atoms with Crippen LogP contribution < -0.4 is 10.6 Å². The Kier molecular flexibility index (Phi) is 8.34. The summed E-state index contributed by atoms with van der Waals surface area (Å²) in [6.07, 6.45) is 9.83. The molecule has 1 aliphatic carbocycles. The molecule has 1 amide bonds. The lowest BCUT2D eigenvalue weighted by molar-refractivity contribution is 0.0564. The second-order valence-electron chi connectivity index (χ2n) is 11.7. The number of thiophene rings is 1. The first kappa shape index (κ1) is 26.8. The van der Waals surface area contributed by atoms with Crippen molar-refractivity contribution in [2.45, 2.75) is 115 Å². The molecular weight excluding hydrogens is 484 g/mol. The SMILES string of the molecule is CNC(=O)c1ccc([C@H](CCN2C3CCC2CC(n2c(C)nnc2C(C)C)C3)NC(O)C2CCCC2)s1. The van der Waals surface area contributed by atoms with Crippen molar-refractivity contribution in [3.05, 3.63) is 33.5 Å². The first-order valence-corrected chi connectivity index (χ1v) is 15.1. The summed E-state index contributed by atoms with van der Waals surface area (Å²) >= 11 is 1.55. The van der Waals surface area contributed by atoms with Gasteiger partial charge in [0, 0.05) is 48.6 Å². The van der Waals surface area contributed by atoms with E-state index in [1.165, 1.54) is 25.7 Å². The van der Waals surface area contributed by atoms with E-state index in [1.54, 1.807) is 18.4 Å². The molecule has 3 fully saturated rings. The van der Waals surface area contributed by atoms with E-state index < -0.39 is 6.23 Å². The molecule has 0 spiro atoms. The summed E-state index contributed by atoms with van der Waals surface area (Å²) in [7, 11) is 1.67. The molecule has 3 unspecified atom stereocenters. The van der Waals surface area contributed by atoms with Gasteiger partial charge in [0.15, 0.2) is 0 Å². The number of fused-ring (bicyclic) bond motifs is 2. The molecule has 8 nitrogen and oxygen atoms in total. The van der Waals surface area contributed by atoms with E-state index in [4.69, 9.17) is 0 Å². The Morgan fingerprint density at radius 2 is 1.81 bits per heavy atom. The molecule has 3 aliphatic rings. The minimum absolute atomic E-state index is 0.0449. The number of nitrogens with one attached hydrogen (secondary N) is 2. The predicted octanol–water partition coefficient (Wildman–Crippen LogP) is 4.53. The molecule has 0 radical (unpaired) electrons. The third-order valence-electron chi connectivity index (χ3n) is 8.95. The van der Waals surface area contributed by atoms with Crippen molar-refractivity contribution in [3.8, 4) is 0 Å². The number of carbonyl (C=O) groups excluding carboxylic acids is 1. The normalized spacial score (nSPS) is 26.2. The molecule has 2 bridgehead atoms. The molecule has 37 heavy (non-hydrogen) atoms. The molecule has 4 heterocycles. The van der Waals surface area contributed by atoms with Crippen LogP contribution in [0.4, 0.5) is 0 Å². The Bertz CT molecular complexity index is 1050. The maximum Gasteiger partial charge on any atom is 0.261 e. The Hall–Kier alpha value is -1.81. The van der Waals surface area contributed by atoms with Gasteiger partial charge in [-0.2, -0.15) is 0 Å². The number of hydrogen-bond donors (Lipinski definition) is 3. The quantitative estimate of drug-likeness (QED) is 0.392. The number of carbonyl (C=O) groups is 1. The van der Waals surface area contributed by atoms with Gasteiger partial charge in [-0.15, -0.1) is 21.5 Å². The lowest BCUT2D eigenvalue weighted by Crippen LogP contribution is -2.45. The van der Waals surface area contributed by atoms with Gasteiger partial charge in [-0.05, 0) is 69.9 Å². The van der Waals surface area contributed by atoms with Crippen molar-refractivity contribution in [2.75, 3.05) is 13.6 Å². The maximum atomic E-state index is 12.2. The van der Waals surface area contributed by atoms with Gasteiger partial charge in [0.25, 0.3) is 5.91 Å². The van der Waals surface area contributed by atoms with Gasteiger partial charge in [0.2, 0.25) is 0 Å². The van der Waals surface area contributed by atoms with Crippen LogP contribution in [0.3, 0.4) is 0 Å². The molecule has 1 saturated carbocycles. The van der Waals surface area contributed by atoms with Crippen molar-refractivity contribution < 1.29 is 9.90 Å². The molecule has 2 aromatic heterocycles. The number of aliphatic hydroxyl groups is 1. The third kappa shape index (κ3) is 5.65. The zero-order valence-electron chi connectivity index (χ0n) is 22.8. The minimum Gasteiger partial charge on any atom is -0.378 e. The molecular formula is C28H44N6O2S. The van der Waals surface area contributed by atoms with Crippen LogP contribution in [0.15, 0.2) is 12.1 Å². The second kappa shape index (κ2) is 11.5. The molecule has 5 rings (SSSR count). The van der Waals surface area contributed by atoms with Crippen molar-refractivity contribution in [1.82, 2.24) is 30.3 Å². The summed E-state index contributed by atoms with van der Waals surface area (Å²) in [5, 5.41) is 26.2. The highest BCUT2D eigenvalue weighted by atomic mass is 32.1. The van der Waals surface area contributed by atoms with E-state index in [0.717, 1.165) is 60.1 Å². The highest BCUT2D eigenvalue weighted by Gasteiger charge is 2.42. The monoisotopic (exact) mass is 528 g/mol. The van der Waals surface area contributed by atoms with Crippen molar-refractivity contribution in [3.63, 3.8) is 0 Å². The first-order chi connectivity index (χ1) is 17.9. The van der Waals surface area contributed by atoms with Gasteiger partial charge in [-0.3, -0.25) is 15.0 Å². The van der Waals surface area contributed by atoms with Gasteiger partial charge in [0.05, 0.1) is 4.88 Å². The summed E-state index contributed by atoms with van der Waals surface area (Å²) in [5.74, 6) is 2.81. The standard InChI is InChI=1S/C28H44N6O2S/c1-17(2)26-32-31-18(3)34(26)22-15-20-9-10-21(16-22)33(20)14-13-23(30-27(35)19-7-5-6-8-19)24-11-12-25(37-24)28(36)29-4/h11-12,17,19-23,27,30,35H,5-10,13-16H2,1-4H3,(H,29,36)/t20?,21?,22?,23-,27?/m0/s1. The predicted molar refractivity (Wildman–Crippen MR) is 147 cm³/mol. The summed E-state index contributed by atoms with van der Waals surface area (Å²) in [6.45, 7) is 7.50. The van der Waals surface area contributed by atoms with Crippen LogP contribution in [0.25, 0.3) is 0 Å². The molecule has 4 atom stereocenters. The Morgan fingerprint density at radius 1 is 1.11 bits per heavy atom. The van der Waals surface area contributed by atoms with Crippen LogP contribution in [0.1, 0.15) is 116 Å². The van der Waals surface area contributed by atoms with Crippen LogP contribution in [0.2, 0.25) is 0 Å². The highest BCUT2D eigenvalue weighted by Crippen LogP contribution is 2.42. The first-order valence-electron chi connectivity index (χ1n) is 14.3. The average molecular weight is 529 g/mol. The van der Waals surface area contributed by atoms with E-state index in [-0.39, 0.29) is 11.9 Å². The number of nitrogens with zero attached hydrogens (tertiary/aromatic N) is 4. The van der Waals surface area contributed by atoms with Gasteiger partial charge in [-0.1, -0.05) is 26.7 Å². The number of aryl methyl sites for hydroxylation is 1. The number of aliphatic hydroxyl groups excluding tert-OH is 1. The molecule has 2 aromatic rings. The van der Waals surface area contributed by atoms with E-state index in [2.05, 4.69) is 57.1 Å². The number of aromatic nitrogens is 3. The molecule has 0 aromatic carbocycles. The van der Waals surface area contributed by atoms with Crippen molar-refractivity contribution in [2.24, 2.45) is 5.92 Å². The Labute approximate surface area is 225 Å². The summed E-state index contributed by atoms with van der Waals surface area (Å²) in [6, 6.07) is 5.66. The second-order valence-corrected chi connectivity index (χ2v) is 12.8. The van der Waals surface area contributed by atoms with Crippen LogP contribution >= 0.6 is 11.3 Å². The molecule has 3 N–H and O–H groups in total. The summed E-state index contributed by atoms with van der Waals surface area (Å²) in [4.78, 5) is 16.8. The topological polar surface area (TPSA) is 95.3 Å². The number of piperidine rings is 1. The van der Waals surface area contributed by atoms with E-state index >= 15 is 0 Å². The van der Waals surface area contributed by atoms with E-state index in [1.807, 2.05) is 6.07 Å². The number of amides is 1. The molecule has 9 heteroatoms. The van der Waals surface area contributed by atoms with Gasteiger partial charge >= 0.3 is 0 Å². The number of rotatable bonds is 10. The molecule has 2 aliphatic heterocycles. The van der Waals surface area contributed by atoms with Gasteiger partial charge in [-0.25, -0.2) is 0 Å². The zero-order chi connectivity index (χ0) is 26.1. The zero-order valence-corrected chi connectivity index (χ0v) is 23.6. The summed E-state index contributed by atoms with van der Waals surface area (Å²) in [5.41, 5.74) is 0. The summed E-state index contributed by atoms with van der Waals surface area (Å²) < 4.78 is 2.42. The van der Waals surface area contributed by atoms with Crippen molar-refractivity contribution in [1.29, 1.82) is 0 Å². The smallest absolute Gasteiger partial charge is 0.261 e. The lowest BCUT2D eigenvalue weighted by Gasteiger charge is -2.41. The van der Waals surface area contributed by atoms with Crippen LogP contribution in [0, 0.1) is 12.8 Å². The third-order valence-corrected chi connectivity index (χ3v) is 10.1. The lowest BCUT2D eigenvalue weighted by atomic mass is 9.95. The Balaban J connectivity index is 1.27. The van der Waals surface area contributed by atoms with Crippen LogP contribution in [0.5, 0.6) is 0 Å². The van der Waals surface area contributed by atoms with Crippen LogP contribution in [-0.4, -0.2) is 62.6 Å². The fourth-order valence-electron chi connectivity index (χ4n) is 7.04. The molecule has 204 valence electrons. The fraction of sp³-hybridized carbons (Fsp3) is 0.750. The minimum atomic E-state index is -0.494. The van der Waals surface area contributed by atoms with Crippen molar-refractivity contribution >= 4 is 17.2 Å². The average Bonchev–Trinajstić information content (AvgIpc) is 3.68. The Morgan fingerprint density at radius 3 is 2.46 bits per heavy atom. The van der Waals surface area contributed by atoms with Gasteiger partial charge < -0.3 is 15.0 Å². The highest BCUT2D eigenvalue weighted by molar-refractivity contribution is 7.14. The maximum absolute atomic E-state index is 12.2. The largest absolute Gasteiger partial charge is 0.378 e. The molecule has 2 saturated heterocycles. The number of hydrogen-bond acceptors (Lipinski definition) is 7. The van der Waals surface area contributed by atoms with Gasteiger partial charge in [0.1, 0.15) is 17.9 Å². The van der Waals surface area contributed by atoms with E-state index in [0.29, 0.717) is 30.0 Å². The van der Waals surface area contributed by atoms with Crippen LogP contribution in [-0.2, 0) is 0 Å².